The van der Waals surface area contributed by atoms with Crippen LogP contribution in [0.2, 0.25) is 0 Å². The second kappa shape index (κ2) is 3.00. The lowest BCUT2D eigenvalue weighted by atomic mass is 10.0. The highest BCUT2D eigenvalue weighted by Gasteiger charge is 2.15. The number of nitrogens with one attached hydrogen (secondary N) is 2. The van der Waals surface area contributed by atoms with Gasteiger partial charge in [0.05, 0.1) is 11.9 Å². The van der Waals surface area contributed by atoms with Gasteiger partial charge in [-0.15, -0.1) is 0 Å². The molecule has 4 nitrogen and oxygen atoms in total. The fourth-order valence-corrected chi connectivity index (χ4v) is 1.51. The van der Waals surface area contributed by atoms with Gasteiger partial charge < -0.3 is 5.32 Å². The number of aromatic amines is 1. The van der Waals surface area contributed by atoms with Crippen molar-refractivity contribution in [3.8, 4) is 0 Å². The van der Waals surface area contributed by atoms with Crippen LogP contribution in [0.1, 0.15) is 12.1 Å². The Kier molecular flexibility index (Phi) is 1.85. The van der Waals surface area contributed by atoms with Gasteiger partial charge in [-0.3, -0.25) is 0 Å². The van der Waals surface area contributed by atoms with Crippen molar-refractivity contribution in [1.29, 1.82) is 0 Å². The molecule has 0 amide bonds. The van der Waals surface area contributed by atoms with Gasteiger partial charge in [-0.1, -0.05) is 0 Å². The quantitative estimate of drug-likeness (QED) is 0.625. The molecule has 1 aliphatic rings. The van der Waals surface area contributed by atoms with Crippen molar-refractivity contribution in [2.45, 2.75) is 12.8 Å². The van der Waals surface area contributed by atoms with Gasteiger partial charge in [-0.2, -0.15) is 15.4 Å². The molecule has 1 atom stereocenters. The highest BCUT2D eigenvalue weighted by molar-refractivity contribution is 4.94. The Hall–Kier alpha value is -0.900. The largest absolute Gasteiger partial charge is 0.316 e. The second-order valence-corrected chi connectivity index (χ2v) is 3.02. The van der Waals surface area contributed by atoms with E-state index in [4.69, 9.17) is 0 Å². The summed E-state index contributed by atoms with van der Waals surface area (Å²) in [6.07, 6.45) is 4.13. The number of hydrogen-bond acceptors (Lipinski definition) is 3. The van der Waals surface area contributed by atoms with Crippen LogP contribution in [0.4, 0.5) is 0 Å². The Bertz CT molecular complexity index is 200. The van der Waals surface area contributed by atoms with Crippen molar-refractivity contribution in [1.82, 2.24) is 20.7 Å². The molecule has 0 aromatic carbocycles. The maximum Gasteiger partial charge on any atom is 0.0827 e. The van der Waals surface area contributed by atoms with E-state index in [9.17, 15) is 0 Å². The molecule has 1 aliphatic heterocycles. The van der Waals surface area contributed by atoms with E-state index in [2.05, 4.69) is 20.7 Å². The highest BCUT2D eigenvalue weighted by atomic mass is 15.3. The fraction of sp³-hybridized carbons (Fsp3) is 0.714. The molecule has 0 aliphatic carbocycles. The van der Waals surface area contributed by atoms with Gasteiger partial charge in [0.15, 0.2) is 0 Å². The van der Waals surface area contributed by atoms with E-state index in [1.807, 2.05) is 0 Å². The lowest BCUT2D eigenvalue weighted by molar-refractivity contribution is 0.571. The van der Waals surface area contributed by atoms with E-state index in [1.165, 1.54) is 6.42 Å². The maximum absolute atomic E-state index is 4.02. The summed E-state index contributed by atoms with van der Waals surface area (Å²) in [5.74, 6) is 0.764. The highest BCUT2D eigenvalue weighted by Crippen LogP contribution is 2.12. The van der Waals surface area contributed by atoms with Gasteiger partial charge in [0.25, 0.3) is 0 Å². The zero-order valence-electron chi connectivity index (χ0n) is 6.38. The summed E-state index contributed by atoms with van der Waals surface area (Å²) in [6.45, 7) is 2.29. The van der Waals surface area contributed by atoms with E-state index < -0.39 is 0 Å². The summed E-state index contributed by atoms with van der Waals surface area (Å²) < 4.78 is 0. The molecular weight excluding hydrogens is 140 g/mol. The summed E-state index contributed by atoms with van der Waals surface area (Å²) in [4.78, 5) is 0. The van der Waals surface area contributed by atoms with Gasteiger partial charge >= 0.3 is 0 Å². The maximum atomic E-state index is 4.02. The molecule has 11 heavy (non-hydrogen) atoms. The van der Waals surface area contributed by atoms with Crippen LogP contribution in [0.25, 0.3) is 0 Å². The molecule has 2 heterocycles. The van der Waals surface area contributed by atoms with Crippen molar-refractivity contribution in [2.24, 2.45) is 5.92 Å². The van der Waals surface area contributed by atoms with Crippen LogP contribution < -0.4 is 5.32 Å². The van der Waals surface area contributed by atoms with Crippen LogP contribution in [-0.4, -0.2) is 28.5 Å². The molecule has 4 heteroatoms. The summed E-state index contributed by atoms with van der Waals surface area (Å²) in [6, 6.07) is 0. The molecule has 2 rings (SSSR count). The molecule has 1 fully saturated rings. The van der Waals surface area contributed by atoms with Crippen LogP contribution in [-0.2, 0) is 6.42 Å². The third kappa shape index (κ3) is 1.57. The van der Waals surface area contributed by atoms with Crippen LogP contribution in [0.3, 0.4) is 0 Å². The Morgan fingerprint density at radius 2 is 2.64 bits per heavy atom. The summed E-state index contributed by atoms with van der Waals surface area (Å²) >= 11 is 0. The normalized spacial score (nSPS) is 24.2. The Morgan fingerprint density at radius 3 is 3.27 bits per heavy atom. The van der Waals surface area contributed by atoms with Crippen molar-refractivity contribution in [2.75, 3.05) is 13.1 Å². The monoisotopic (exact) mass is 152 g/mol. The third-order valence-electron chi connectivity index (χ3n) is 2.13. The summed E-state index contributed by atoms with van der Waals surface area (Å²) in [5, 5.41) is 13.7. The summed E-state index contributed by atoms with van der Waals surface area (Å²) in [7, 11) is 0. The van der Waals surface area contributed by atoms with E-state index in [0.29, 0.717) is 0 Å². The van der Waals surface area contributed by atoms with Gasteiger partial charge in [-0.25, -0.2) is 0 Å². The minimum absolute atomic E-state index is 0.764. The number of hydrogen-bond donors (Lipinski definition) is 2. The van der Waals surface area contributed by atoms with Gasteiger partial charge in [0.2, 0.25) is 0 Å². The smallest absolute Gasteiger partial charge is 0.0827 e. The lowest BCUT2D eigenvalue weighted by Gasteiger charge is -2.02. The third-order valence-corrected chi connectivity index (χ3v) is 2.13. The van der Waals surface area contributed by atoms with Crippen LogP contribution in [0.15, 0.2) is 6.20 Å². The zero-order chi connectivity index (χ0) is 7.52. The molecular formula is C7H12N4. The Labute approximate surface area is 65.4 Å². The number of H-pyrrole nitrogens is 1. The molecule has 0 spiro atoms. The molecule has 0 radical (unpaired) electrons. The molecule has 1 saturated heterocycles. The topological polar surface area (TPSA) is 53.6 Å². The second-order valence-electron chi connectivity index (χ2n) is 3.02. The van der Waals surface area contributed by atoms with Crippen LogP contribution in [0, 0.1) is 5.92 Å². The predicted octanol–water partition coefficient (Wildman–Crippen LogP) is -0.0433. The molecule has 1 unspecified atom stereocenters. The van der Waals surface area contributed by atoms with Crippen molar-refractivity contribution in [3.05, 3.63) is 11.9 Å². The summed E-state index contributed by atoms with van der Waals surface area (Å²) in [5.41, 5.74) is 1.08. The van der Waals surface area contributed by atoms with E-state index in [0.717, 1.165) is 31.1 Å². The van der Waals surface area contributed by atoms with Crippen molar-refractivity contribution >= 4 is 0 Å². The Morgan fingerprint density at radius 1 is 1.64 bits per heavy atom. The first-order valence-electron chi connectivity index (χ1n) is 4.00. The fourth-order valence-electron chi connectivity index (χ4n) is 1.51. The average molecular weight is 152 g/mol. The minimum atomic E-state index is 0.764. The average Bonchev–Trinajstić information content (AvgIpc) is 2.60. The molecule has 60 valence electrons. The van der Waals surface area contributed by atoms with Crippen molar-refractivity contribution < 1.29 is 0 Å². The van der Waals surface area contributed by atoms with Gasteiger partial charge in [-0.05, 0) is 31.8 Å². The van der Waals surface area contributed by atoms with Crippen molar-refractivity contribution in [3.63, 3.8) is 0 Å². The molecule has 1 aromatic heterocycles. The lowest BCUT2D eigenvalue weighted by Crippen LogP contribution is -2.10. The predicted molar refractivity (Wildman–Crippen MR) is 41.1 cm³/mol. The zero-order valence-corrected chi connectivity index (χ0v) is 6.38. The first kappa shape index (κ1) is 6.79. The molecule has 2 N–H and O–H groups in total. The SMILES string of the molecule is c1n[nH]nc1CC1CCNC1. The van der Waals surface area contributed by atoms with E-state index in [1.54, 1.807) is 6.20 Å². The molecule has 0 saturated carbocycles. The first-order chi connectivity index (χ1) is 5.45. The first-order valence-corrected chi connectivity index (χ1v) is 4.00. The molecule has 0 bridgehead atoms. The Balaban J connectivity index is 1.90. The minimum Gasteiger partial charge on any atom is -0.316 e. The van der Waals surface area contributed by atoms with Gasteiger partial charge in [0, 0.05) is 0 Å². The number of aromatic nitrogens is 3. The van der Waals surface area contributed by atoms with Crippen LogP contribution >= 0.6 is 0 Å². The van der Waals surface area contributed by atoms with Gasteiger partial charge in [0.1, 0.15) is 0 Å². The number of rotatable bonds is 2. The standard InChI is InChI=1S/C7H12N4/c1-2-8-4-6(1)3-7-5-9-11-10-7/h5-6,8H,1-4H2,(H,9,10,11). The van der Waals surface area contributed by atoms with E-state index in [-0.39, 0.29) is 0 Å². The number of nitrogens with zero attached hydrogens (tertiary/aromatic N) is 2. The van der Waals surface area contributed by atoms with Crippen LogP contribution in [0.5, 0.6) is 0 Å². The molecule has 1 aromatic rings. The van der Waals surface area contributed by atoms with E-state index >= 15 is 0 Å².